The standard InChI is InChI=1S/C23H34N2O2/c1-17-6-8-19(9-7-17)15-25(21-5-3-4-18(2)14-21)23(26)27-22-16-24-12-10-20(22)11-13-24/h3-5,14,17,19-20,22H,6-13,15-16H2,1-2H3/t17?,19?,22-/m0/s1. The lowest BCUT2D eigenvalue weighted by Gasteiger charge is -2.44. The van der Waals surface area contributed by atoms with Gasteiger partial charge in [-0.05, 0) is 81.1 Å². The molecule has 1 amide bonds. The molecule has 4 aliphatic rings. The lowest BCUT2D eigenvalue weighted by Crippen LogP contribution is -2.53. The van der Waals surface area contributed by atoms with E-state index in [1.54, 1.807) is 0 Å². The zero-order chi connectivity index (χ0) is 18.8. The molecule has 1 aliphatic carbocycles. The van der Waals surface area contributed by atoms with Crippen molar-refractivity contribution in [2.24, 2.45) is 17.8 Å². The van der Waals surface area contributed by atoms with E-state index in [2.05, 4.69) is 36.9 Å². The van der Waals surface area contributed by atoms with Gasteiger partial charge in [-0.1, -0.05) is 31.9 Å². The van der Waals surface area contributed by atoms with Crippen molar-refractivity contribution in [1.82, 2.24) is 4.90 Å². The van der Waals surface area contributed by atoms with Crippen molar-refractivity contribution in [3.8, 4) is 0 Å². The molecule has 2 bridgehead atoms. The third-order valence-corrected chi connectivity index (χ3v) is 6.96. The van der Waals surface area contributed by atoms with E-state index in [-0.39, 0.29) is 12.2 Å². The van der Waals surface area contributed by atoms with E-state index in [0.717, 1.165) is 24.7 Å². The van der Waals surface area contributed by atoms with Crippen LogP contribution in [0.15, 0.2) is 24.3 Å². The number of rotatable bonds is 4. The van der Waals surface area contributed by atoms with Gasteiger partial charge >= 0.3 is 6.09 Å². The number of carbonyl (C=O) groups is 1. The Morgan fingerprint density at radius 1 is 1.15 bits per heavy atom. The number of carbonyl (C=O) groups excluding carboxylic acids is 1. The van der Waals surface area contributed by atoms with Crippen LogP contribution in [0.4, 0.5) is 10.5 Å². The zero-order valence-electron chi connectivity index (χ0n) is 16.9. The summed E-state index contributed by atoms with van der Waals surface area (Å²) < 4.78 is 6.09. The molecule has 4 fully saturated rings. The summed E-state index contributed by atoms with van der Waals surface area (Å²) in [5.74, 6) is 1.96. The Kier molecular flexibility index (Phi) is 5.72. The molecule has 0 N–H and O–H groups in total. The summed E-state index contributed by atoms with van der Waals surface area (Å²) in [6.45, 7) is 8.47. The van der Waals surface area contributed by atoms with Gasteiger partial charge in [0.15, 0.2) is 0 Å². The molecule has 1 aromatic rings. The molecule has 0 radical (unpaired) electrons. The van der Waals surface area contributed by atoms with E-state index in [0.29, 0.717) is 11.8 Å². The van der Waals surface area contributed by atoms with Crippen LogP contribution < -0.4 is 4.90 Å². The average molecular weight is 371 g/mol. The van der Waals surface area contributed by atoms with Crippen LogP contribution in [-0.2, 0) is 4.74 Å². The maximum Gasteiger partial charge on any atom is 0.414 e. The van der Waals surface area contributed by atoms with Crippen molar-refractivity contribution < 1.29 is 9.53 Å². The summed E-state index contributed by atoms with van der Waals surface area (Å²) in [5.41, 5.74) is 2.17. The highest BCUT2D eigenvalue weighted by Crippen LogP contribution is 2.33. The first-order valence-corrected chi connectivity index (χ1v) is 10.9. The number of hydrogen-bond acceptors (Lipinski definition) is 3. The molecule has 4 heteroatoms. The Hall–Kier alpha value is -1.55. The Morgan fingerprint density at radius 2 is 1.89 bits per heavy atom. The maximum absolute atomic E-state index is 13.2. The van der Waals surface area contributed by atoms with Crippen molar-refractivity contribution >= 4 is 11.8 Å². The fraction of sp³-hybridized carbons (Fsp3) is 0.696. The van der Waals surface area contributed by atoms with Crippen LogP contribution in [0.1, 0.15) is 51.0 Å². The van der Waals surface area contributed by atoms with Crippen LogP contribution in [0.2, 0.25) is 0 Å². The molecule has 1 atom stereocenters. The summed E-state index contributed by atoms with van der Waals surface area (Å²) in [6.07, 6.45) is 7.26. The van der Waals surface area contributed by atoms with E-state index in [4.69, 9.17) is 4.74 Å². The van der Waals surface area contributed by atoms with Crippen molar-refractivity contribution in [3.63, 3.8) is 0 Å². The first-order valence-electron chi connectivity index (χ1n) is 10.9. The van der Waals surface area contributed by atoms with Crippen molar-refractivity contribution in [2.75, 3.05) is 31.1 Å². The summed E-state index contributed by atoms with van der Waals surface area (Å²) in [4.78, 5) is 17.6. The maximum atomic E-state index is 13.2. The highest BCUT2D eigenvalue weighted by Gasteiger charge is 2.37. The third-order valence-electron chi connectivity index (χ3n) is 6.96. The quantitative estimate of drug-likeness (QED) is 0.759. The highest BCUT2D eigenvalue weighted by molar-refractivity contribution is 5.87. The second-order valence-electron chi connectivity index (χ2n) is 9.14. The molecule has 0 aromatic heterocycles. The van der Waals surface area contributed by atoms with Crippen LogP contribution >= 0.6 is 0 Å². The normalized spacial score (nSPS) is 32.9. The molecular weight excluding hydrogens is 336 g/mol. The Morgan fingerprint density at radius 3 is 2.52 bits per heavy atom. The molecule has 3 aliphatic heterocycles. The highest BCUT2D eigenvalue weighted by atomic mass is 16.6. The van der Waals surface area contributed by atoms with Crippen LogP contribution in [-0.4, -0.2) is 43.3 Å². The predicted octanol–water partition coefficient (Wildman–Crippen LogP) is 4.86. The van der Waals surface area contributed by atoms with Gasteiger partial charge in [0.1, 0.15) is 6.10 Å². The topological polar surface area (TPSA) is 32.8 Å². The van der Waals surface area contributed by atoms with E-state index in [9.17, 15) is 4.79 Å². The van der Waals surface area contributed by atoms with E-state index < -0.39 is 0 Å². The van der Waals surface area contributed by atoms with Crippen LogP contribution in [0.5, 0.6) is 0 Å². The minimum atomic E-state index is -0.141. The molecule has 1 saturated carbocycles. The van der Waals surface area contributed by atoms with E-state index in [1.807, 2.05) is 11.0 Å². The van der Waals surface area contributed by atoms with Gasteiger partial charge in [-0.3, -0.25) is 9.80 Å². The average Bonchev–Trinajstić information content (AvgIpc) is 2.68. The van der Waals surface area contributed by atoms with Gasteiger partial charge < -0.3 is 4.74 Å². The number of amides is 1. The van der Waals surface area contributed by atoms with Gasteiger partial charge in [-0.2, -0.15) is 0 Å². The Bertz CT molecular complexity index is 646. The SMILES string of the molecule is Cc1cccc(N(CC2CCC(C)CC2)C(=O)O[C@H]2CN3CCC2CC3)c1. The second kappa shape index (κ2) is 8.22. The number of anilines is 1. The molecule has 3 saturated heterocycles. The van der Waals surface area contributed by atoms with E-state index in [1.165, 1.54) is 57.2 Å². The largest absolute Gasteiger partial charge is 0.444 e. The molecule has 1 aromatic carbocycles. The number of benzene rings is 1. The monoisotopic (exact) mass is 370 g/mol. The number of fused-ring (bicyclic) bond motifs is 3. The van der Waals surface area contributed by atoms with Gasteiger partial charge in [0.05, 0.1) is 0 Å². The smallest absolute Gasteiger partial charge is 0.414 e. The van der Waals surface area contributed by atoms with Crippen molar-refractivity contribution in [3.05, 3.63) is 29.8 Å². The number of ether oxygens (including phenoxy) is 1. The van der Waals surface area contributed by atoms with Gasteiger partial charge in [-0.25, -0.2) is 4.79 Å². The summed E-state index contributed by atoms with van der Waals surface area (Å²) in [7, 11) is 0. The fourth-order valence-corrected chi connectivity index (χ4v) is 5.09. The van der Waals surface area contributed by atoms with Gasteiger partial charge in [-0.15, -0.1) is 0 Å². The molecule has 5 rings (SSSR count). The molecule has 27 heavy (non-hydrogen) atoms. The third kappa shape index (κ3) is 4.48. The molecule has 3 heterocycles. The fourth-order valence-electron chi connectivity index (χ4n) is 5.09. The minimum Gasteiger partial charge on any atom is -0.444 e. The van der Waals surface area contributed by atoms with Gasteiger partial charge in [0.2, 0.25) is 0 Å². The summed E-state index contributed by atoms with van der Waals surface area (Å²) in [5, 5.41) is 0. The van der Waals surface area contributed by atoms with Crippen LogP contribution in [0.25, 0.3) is 0 Å². The molecule has 0 unspecified atom stereocenters. The predicted molar refractivity (Wildman–Crippen MR) is 109 cm³/mol. The van der Waals surface area contributed by atoms with Crippen LogP contribution in [0, 0.1) is 24.7 Å². The second-order valence-corrected chi connectivity index (χ2v) is 9.14. The summed E-state index contributed by atoms with van der Waals surface area (Å²) >= 11 is 0. The molecule has 0 spiro atoms. The Balaban J connectivity index is 1.47. The van der Waals surface area contributed by atoms with Gasteiger partial charge in [0, 0.05) is 18.8 Å². The number of nitrogens with zero attached hydrogens (tertiary/aromatic N) is 2. The lowest BCUT2D eigenvalue weighted by molar-refractivity contribution is -0.0312. The number of hydrogen-bond donors (Lipinski definition) is 0. The van der Waals surface area contributed by atoms with E-state index >= 15 is 0 Å². The first-order chi connectivity index (χ1) is 13.1. The zero-order valence-corrected chi connectivity index (χ0v) is 16.9. The molecule has 148 valence electrons. The number of piperidine rings is 3. The van der Waals surface area contributed by atoms with Crippen molar-refractivity contribution in [2.45, 2.75) is 58.5 Å². The Labute approximate surface area is 163 Å². The minimum absolute atomic E-state index is 0.0682. The van der Waals surface area contributed by atoms with Crippen molar-refractivity contribution in [1.29, 1.82) is 0 Å². The first kappa shape index (κ1) is 18.8. The summed E-state index contributed by atoms with van der Waals surface area (Å²) in [6, 6.07) is 8.30. The van der Waals surface area contributed by atoms with Crippen LogP contribution in [0.3, 0.4) is 0 Å². The van der Waals surface area contributed by atoms with Gasteiger partial charge in [0.25, 0.3) is 0 Å². The molecule has 4 nitrogen and oxygen atoms in total. The number of aryl methyl sites for hydroxylation is 1. The lowest BCUT2D eigenvalue weighted by atomic mass is 9.83. The molecular formula is C23H34N2O2.